The first-order chi connectivity index (χ1) is 16.9. The molecule has 4 nitrogen and oxygen atoms in total. The predicted octanol–water partition coefficient (Wildman–Crippen LogP) is 7.35. The minimum Gasteiger partial charge on any atom is -0.492 e. The number of aliphatic hydroxyl groups excluding tert-OH is 1. The molecule has 0 saturated heterocycles. The van der Waals surface area contributed by atoms with Crippen LogP contribution in [-0.2, 0) is 4.74 Å². The van der Waals surface area contributed by atoms with Gasteiger partial charge in [-0.15, -0.1) is 11.8 Å². The van der Waals surface area contributed by atoms with Gasteiger partial charge < -0.3 is 21.3 Å². The van der Waals surface area contributed by atoms with E-state index in [9.17, 15) is 0 Å². The molecule has 5 N–H and O–H groups in total. The number of nitrogens with two attached hydrogens (primary N) is 2. The summed E-state index contributed by atoms with van der Waals surface area (Å²) in [6.45, 7) is 11.4. The first kappa shape index (κ1) is 31.2. The van der Waals surface area contributed by atoms with Crippen molar-refractivity contribution >= 4 is 11.8 Å². The molecule has 0 aromatic carbocycles. The standard InChI is InChI=1S/C17H30OS.C13H20N2O/c1-4-15(11-12-18)13-14(3)7-6-8-16(5-2)19-17-9-10-17;1-2-4-12(15)5-3-6-13(9-14)16-10-11-7-8-11/h5-6,8,14-15,17-18H,4,7,9-13H2,1-3H3;2-4,6,9,11H,1,5,7-8,10,14-15H2/b8-6-,16-5+;6-3-,12-4-,13-9+. The summed E-state index contributed by atoms with van der Waals surface area (Å²) in [6.07, 6.45) is 26.1. The van der Waals surface area contributed by atoms with Gasteiger partial charge in [-0.05, 0) is 81.8 Å². The molecule has 2 aliphatic carbocycles. The van der Waals surface area contributed by atoms with Gasteiger partial charge in [0.25, 0.3) is 0 Å². The van der Waals surface area contributed by atoms with Crippen molar-refractivity contribution in [3.63, 3.8) is 0 Å². The zero-order chi connectivity index (χ0) is 25.9. The summed E-state index contributed by atoms with van der Waals surface area (Å²) in [7, 11) is 0. The highest BCUT2D eigenvalue weighted by atomic mass is 32.2. The Morgan fingerprint density at radius 2 is 1.94 bits per heavy atom. The van der Waals surface area contributed by atoms with Crippen LogP contribution in [0, 0.1) is 17.8 Å². The van der Waals surface area contributed by atoms with E-state index in [0.717, 1.165) is 42.2 Å². The minimum absolute atomic E-state index is 0.335. The van der Waals surface area contributed by atoms with Gasteiger partial charge in [0, 0.05) is 35.1 Å². The highest BCUT2D eigenvalue weighted by molar-refractivity contribution is 8.04. The van der Waals surface area contributed by atoms with Crippen LogP contribution in [-0.4, -0.2) is 23.6 Å². The molecule has 0 heterocycles. The van der Waals surface area contributed by atoms with Gasteiger partial charge in [0.2, 0.25) is 0 Å². The molecule has 35 heavy (non-hydrogen) atoms. The average Bonchev–Trinajstić information content (AvgIpc) is 3.77. The summed E-state index contributed by atoms with van der Waals surface area (Å²) in [4.78, 5) is 1.43. The highest BCUT2D eigenvalue weighted by Gasteiger charge is 2.22. The molecule has 0 aromatic heterocycles. The Balaban J connectivity index is 0.000000355. The third-order valence-corrected chi connectivity index (χ3v) is 7.55. The molecule has 2 aliphatic rings. The Morgan fingerprint density at radius 1 is 1.20 bits per heavy atom. The van der Waals surface area contributed by atoms with E-state index < -0.39 is 0 Å². The first-order valence-electron chi connectivity index (χ1n) is 13.3. The molecule has 0 amide bonds. The Bertz CT molecular complexity index is 731. The van der Waals surface area contributed by atoms with Crippen molar-refractivity contribution < 1.29 is 9.84 Å². The average molecular weight is 503 g/mol. The van der Waals surface area contributed by atoms with Crippen molar-refractivity contribution in [2.75, 3.05) is 13.2 Å². The van der Waals surface area contributed by atoms with Crippen LogP contribution in [0.5, 0.6) is 0 Å². The van der Waals surface area contributed by atoms with Gasteiger partial charge in [0.05, 0.1) is 6.61 Å². The van der Waals surface area contributed by atoms with Crippen molar-refractivity contribution in [1.29, 1.82) is 0 Å². The van der Waals surface area contributed by atoms with E-state index in [2.05, 4.69) is 45.6 Å². The van der Waals surface area contributed by atoms with Crippen LogP contribution in [0.4, 0.5) is 0 Å². The van der Waals surface area contributed by atoms with Gasteiger partial charge in [-0.3, -0.25) is 0 Å². The summed E-state index contributed by atoms with van der Waals surface area (Å²) in [6, 6.07) is 0. The molecule has 198 valence electrons. The maximum atomic E-state index is 9.03. The second-order valence-electron chi connectivity index (χ2n) is 9.68. The number of rotatable bonds is 17. The fourth-order valence-electron chi connectivity index (χ4n) is 3.52. The maximum Gasteiger partial charge on any atom is 0.134 e. The second kappa shape index (κ2) is 19.4. The van der Waals surface area contributed by atoms with Gasteiger partial charge in [-0.1, -0.05) is 57.2 Å². The van der Waals surface area contributed by atoms with E-state index in [1.54, 1.807) is 12.2 Å². The van der Waals surface area contributed by atoms with Crippen LogP contribution in [0.1, 0.15) is 78.6 Å². The van der Waals surface area contributed by atoms with Gasteiger partial charge in [-0.2, -0.15) is 0 Å². The monoisotopic (exact) mass is 502 g/mol. The lowest BCUT2D eigenvalue weighted by atomic mass is 9.89. The third-order valence-electron chi connectivity index (χ3n) is 6.10. The van der Waals surface area contributed by atoms with Crippen molar-refractivity contribution in [3.05, 3.63) is 71.7 Å². The minimum atomic E-state index is 0.335. The van der Waals surface area contributed by atoms with Gasteiger partial charge in [-0.25, -0.2) is 0 Å². The van der Waals surface area contributed by atoms with E-state index in [0.29, 0.717) is 24.7 Å². The summed E-state index contributed by atoms with van der Waals surface area (Å²) >= 11 is 2.03. The zero-order valence-electron chi connectivity index (χ0n) is 22.3. The first-order valence-corrected chi connectivity index (χ1v) is 14.2. The summed E-state index contributed by atoms with van der Waals surface area (Å²) < 4.78 is 5.53. The van der Waals surface area contributed by atoms with E-state index in [1.165, 1.54) is 49.6 Å². The smallest absolute Gasteiger partial charge is 0.134 e. The lowest BCUT2D eigenvalue weighted by Gasteiger charge is -2.17. The molecule has 0 aliphatic heterocycles. The fourth-order valence-corrected chi connectivity index (χ4v) is 4.58. The molecule has 2 unspecified atom stereocenters. The topological polar surface area (TPSA) is 81.5 Å². The summed E-state index contributed by atoms with van der Waals surface area (Å²) in [5.74, 6) is 2.85. The number of allylic oxidation sites excluding steroid dienone is 7. The molecule has 2 rings (SSSR count). The molecule has 0 spiro atoms. The molecule has 0 aromatic rings. The number of hydrogen-bond acceptors (Lipinski definition) is 5. The second-order valence-corrected chi connectivity index (χ2v) is 11.1. The SMILES string of the molecule is C/C=C(\C=C/CC(C)CC(CC)CCO)SC1CC1.C=C/C=C(\N)C/C=C\C(=C/N)OCC1CC1. The van der Waals surface area contributed by atoms with Crippen LogP contribution < -0.4 is 11.5 Å². The molecule has 2 fully saturated rings. The van der Waals surface area contributed by atoms with Crippen molar-refractivity contribution in [2.45, 2.75) is 83.8 Å². The Labute approximate surface area is 219 Å². The van der Waals surface area contributed by atoms with E-state index in [4.69, 9.17) is 21.3 Å². The van der Waals surface area contributed by atoms with E-state index in [-0.39, 0.29) is 0 Å². The Morgan fingerprint density at radius 3 is 2.49 bits per heavy atom. The maximum absolute atomic E-state index is 9.03. The number of hydrogen-bond donors (Lipinski definition) is 3. The molecular formula is C30H50N2O2S. The van der Waals surface area contributed by atoms with Crippen LogP contribution in [0.2, 0.25) is 0 Å². The van der Waals surface area contributed by atoms with Crippen LogP contribution in [0.25, 0.3) is 0 Å². The van der Waals surface area contributed by atoms with Gasteiger partial charge >= 0.3 is 0 Å². The van der Waals surface area contributed by atoms with Crippen LogP contribution >= 0.6 is 11.8 Å². The fraction of sp³-hybridized carbons (Fsp3) is 0.600. The van der Waals surface area contributed by atoms with Gasteiger partial charge in [0.15, 0.2) is 0 Å². The van der Waals surface area contributed by atoms with Crippen molar-refractivity contribution in [2.24, 2.45) is 29.2 Å². The summed E-state index contributed by atoms with van der Waals surface area (Å²) in [5, 5.41) is 9.92. The molecule has 0 radical (unpaired) electrons. The van der Waals surface area contributed by atoms with Crippen LogP contribution in [0.15, 0.2) is 71.7 Å². The lowest BCUT2D eigenvalue weighted by Crippen LogP contribution is -2.07. The molecule has 0 bridgehead atoms. The lowest BCUT2D eigenvalue weighted by molar-refractivity contribution is 0.210. The third kappa shape index (κ3) is 17.3. The van der Waals surface area contributed by atoms with Crippen molar-refractivity contribution in [3.8, 4) is 0 Å². The van der Waals surface area contributed by atoms with Crippen LogP contribution in [0.3, 0.4) is 0 Å². The Kier molecular flexibility index (Phi) is 17.2. The number of thioether (sulfide) groups is 1. The zero-order valence-corrected chi connectivity index (χ0v) is 23.1. The predicted molar refractivity (Wildman–Crippen MR) is 155 cm³/mol. The number of ether oxygens (including phenoxy) is 1. The summed E-state index contributed by atoms with van der Waals surface area (Å²) in [5.41, 5.74) is 11.9. The Hall–Kier alpha value is -1.85. The highest BCUT2D eigenvalue weighted by Crippen LogP contribution is 2.39. The molecular weight excluding hydrogens is 452 g/mol. The van der Waals surface area contributed by atoms with E-state index >= 15 is 0 Å². The molecule has 5 heteroatoms. The normalized spacial score (nSPS) is 18.9. The van der Waals surface area contributed by atoms with E-state index in [1.807, 2.05) is 23.9 Å². The number of aliphatic hydroxyl groups is 1. The molecule has 2 saturated carbocycles. The molecule has 2 atom stereocenters. The largest absolute Gasteiger partial charge is 0.492 e. The van der Waals surface area contributed by atoms with Gasteiger partial charge in [0.1, 0.15) is 5.76 Å². The van der Waals surface area contributed by atoms with Crippen molar-refractivity contribution in [1.82, 2.24) is 0 Å². The quantitative estimate of drug-likeness (QED) is 0.143.